The van der Waals surface area contributed by atoms with Gasteiger partial charge in [-0.2, -0.15) is 15.0 Å². The molecule has 160 valence electrons. The molecule has 0 saturated carbocycles. The molecule has 8 nitrogen and oxygen atoms in total. The third-order valence-electron chi connectivity index (χ3n) is 4.77. The van der Waals surface area contributed by atoms with E-state index < -0.39 is 11.6 Å². The van der Waals surface area contributed by atoms with Crippen molar-refractivity contribution in [3.63, 3.8) is 0 Å². The zero-order valence-electron chi connectivity index (χ0n) is 17.2. The monoisotopic (exact) mass is 424 g/mol. The molecule has 0 unspecified atom stereocenters. The van der Waals surface area contributed by atoms with Crippen LogP contribution in [0.2, 0.25) is 0 Å². The molecule has 2 aromatic heterocycles. The van der Waals surface area contributed by atoms with E-state index in [0.717, 1.165) is 23.6 Å². The summed E-state index contributed by atoms with van der Waals surface area (Å²) in [6.07, 6.45) is 1.65. The molecule has 0 radical (unpaired) electrons. The average Bonchev–Trinajstić information content (AvgIpc) is 3.21. The molecule has 2 N–H and O–H groups in total. The molecule has 0 fully saturated rings. The Hall–Kier alpha value is -3.66. The summed E-state index contributed by atoms with van der Waals surface area (Å²) in [7, 11) is 3.75. The van der Waals surface area contributed by atoms with Gasteiger partial charge < -0.3 is 15.5 Å². The SMILES string of the molecule is CNCCN(C)c1nc(NCc2ccc(F)cc2F)nc(-n2cnc3ccccc32)n1. The molecule has 0 aliphatic rings. The van der Waals surface area contributed by atoms with Crippen LogP contribution in [0.5, 0.6) is 0 Å². The number of hydrogen-bond acceptors (Lipinski definition) is 7. The van der Waals surface area contributed by atoms with E-state index in [-0.39, 0.29) is 12.5 Å². The molecule has 0 atom stereocenters. The maximum atomic E-state index is 14.0. The maximum absolute atomic E-state index is 14.0. The fraction of sp³-hybridized carbons (Fsp3) is 0.238. The Morgan fingerprint density at radius 3 is 2.71 bits per heavy atom. The van der Waals surface area contributed by atoms with Crippen molar-refractivity contribution in [3.05, 3.63) is 66.0 Å². The van der Waals surface area contributed by atoms with Crippen molar-refractivity contribution in [1.29, 1.82) is 0 Å². The number of hydrogen-bond donors (Lipinski definition) is 2. The van der Waals surface area contributed by atoms with Gasteiger partial charge >= 0.3 is 0 Å². The van der Waals surface area contributed by atoms with E-state index in [1.807, 2.05) is 43.3 Å². The first kappa shape index (κ1) is 20.6. The highest BCUT2D eigenvalue weighted by Crippen LogP contribution is 2.19. The number of aromatic nitrogens is 5. The Bertz CT molecular complexity index is 1190. The minimum Gasteiger partial charge on any atom is -0.350 e. The number of benzene rings is 2. The quantitative estimate of drug-likeness (QED) is 0.450. The summed E-state index contributed by atoms with van der Waals surface area (Å²) in [5.41, 5.74) is 1.98. The Labute approximate surface area is 178 Å². The number of fused-ring (bicyclic) bond motifs is 1. The molecule has 4 aromatic rings. The van der Waals surface area contributed by atoms with Crippen molar-refractivity contribution in [2.45, 2.75) is 6.54 Å². The van der Waals surface area contributed by atoms with Crippen molar-refractivity contribution < 1.29 is 8.78 Å². The summed E-state index contributed by atoms with van der Waals surface area (Å²) in [6.45, 7) is 1.52. The number of para-hydroxylation sites is 2. The molecule has 2 aromatic carbocycles. The average molecular weight is 424 g/mol. The van der Waals surface area contributed by atoms with Gasteiger partial charge in [-0.1, -0.05) is 18.2 Å². The largest absolute Gasteiger partial charge is 0.350 e. The van der Waals surface area contributed by atoms with Crippen LogP contribution in [0, 0.1) is 11.6 Å². The Balaban J connectivity index is 1.69. The first-order chi connectivity index (χ1) is 15.0. The predicted octanol–water partition coefficient (Wildman–Crippen LogP) is 2.76. The molecule has 0 bridgehead atoms. The van der Waals surface area contributed by atoms with Crippen LogP contribution in [0.15, 0.2) is 48.8 Å². The van der Waals surface area contributed by atoms with Gasteiger partial charge in [0, 0.05) is 38.3 Å². The van der Waals surface area contributed by atoms with Crippen molar-refractivity contribution in [2.24, 2.45) is 0 Å². The second kappa shape index (κ2) is 9.00. The van der Waals surface area contributed by atoms with Gasteiger partial charge in [-0.05, 0) is 25.2 Å². The zero-order valence-corrected chi connectivity index (χ0v) is 17.2. The third-order valence-corrected chi connectivity index (χ3v) is 4.77. The molecule has 4 rings (SSSR count). The van der Waals surface area contributed by atoms with Crippen molar-refractivity contribution in [3.8, 4) is 5.95 Å². The number of halogens is 2. The van der Waals surface area contributed by atoms with Crippen LogP contribution in [0.25, 0.3) is 17.0 Å². The van der Waals surface area contributed by atoms with Gasteiger partial charge in [-0.15, -0.1) is 0 Å². The summed E-state index contributed by atoms with van der Waals surface area (Å²) in [5, 5.41) is 6.11. The number of anilines is 2. The Morgan fingerprint density at radius 1 is 1.06 bits per heavy atom. The van der Waals surface area contributed by atoms with Crippen LogP contribution < -0.4 is 15.5 Å². The van der Waals surface area contributed by atoms with Gasteiger partial charge in [0.25, 0.3) is 0 Å². The Kier molecular flexibility index (Phi) is 5.99. The normalized spacial score (nSPS) is 11.1. The van der Waals surface area contributed by atoms with Crippen LogP contribution in [0.1, 0.15) is 5.56 Å². The van der Waals surface area contributed by atoms with E-state index in [0.29, 0.717) is 24.0 Å². The fourth-order valence-electron chi connectivity index (χ4n) is 3.05. The number of imidazole rings is 1. The molecular formula is C21H22F2N8. The lowest BCUT2D eigenvalue weighted by molar-refractivity contribution is 0.574. The topological polar surface area (TPSA) is 83.8 Å². The van der Waals surface area contributed by atoms with Gasteiger partial charge in [0.1, 0.15) is 18.0 Å². The van der Waals surface area contributed by atoms with Gasteiger partial charge in [0.15, 0.2) is 0 Å². The molecule has 10 heteroatoms. The molecule has 0 saturated heterocycles. The second-order valence-electron chi connectivity index (χ2n) is 6.98. The number of rotatable bonds is 8. The third kappa shape index (κ3) is 4.58. The minimum absolute atomic E-state index is 0.0971. The first-order valence-corrected chi connectivity index (χ1v) is 9.77. The standard InChI is InChI=1S/C21H22F2N8/c1-24-9-10-30(2)20-27-19(25-12-14-7-8-15(22)11-16(14)23)28-21(29-20)31-13-26-17-5-3-4-6-18(17)31/h3-8,11,13,24H,9-10,12H2,1-2H3,(H,25,27,28,29). The smallest absolute Gasteiger partial charge is 0.242 e. The molecular weight excluding hydrogens is 402 g/mol. The van der Waals surface area contributed by atoms with Gasteiger partial charge in [0.2, 0.25) is 17.8 Å². The lowest BCUT2D eigenvalue weighted by Gasteiger charge is -2.18. The molecule has 0 spiro atoms. The summed E-state index contributed by atoms with van der Waals surface area (Å²) in [4.78, 5) is 19.9. The van der Waals surface area contributed by atoms with Crippen molar-refractivity contribution in [1.82, 2.24) is 29.8 Å². The lowest BCUT2D eigenvalue weighted by Crippen LogP contribution is -2.29. The van der Waals surface area contributed by atoms with Crippen LogP contribution in [-0.4, -0.2) is 51.7 Å². The van der Waals surface area contributed by atoms with Gasteiger partial charge in [0.05, 0.1) is 11.0 Å². The van der Waals surface area contributed by atoms with Crippen LogP contribution in [0.4, 0.5) is 20.7 Å². The zero-order chi connectivity index (χ0) is 21.8. The highest BCUT2D eigenvalue weighted by Gasteiger charge is 2.14. The van der Waals surface area contributed by atoms with Crippen LogP contribution >= 0.6 is 0 Å². The van der Waals surface area contributed by atoms with Gasteiger partial charge in [-0.25, -0.2) is 13.8 Å². The van der Waals surface area contributed by atoms with Crippen molar-refractivity contribution in [2.75, 3.05) is 37.4 Å². The summed E-state index contributed by atoms with van der Waals surface area (Å²) in [6, 6.07) is 11.1. The Morgan fingerprint density at radius 2 is 1.90 bits per heavy atom. The number of nitrogens with zero attached hydrogens (tertiary/aromatic N) is 6. The maximum Gasteiger partial charge on any atom is 0.242 e. The van der Waals surface area contributed by atoms with Crippen molar-refractivity contribution >= 4 is 22.9 Å². The van der Waals surface area contributed by atoms with E-state index in [4.69, 9.17) is 0 Å². The summed E-state index contributed by atoms with van der Waals surface area (Å²) in [5.74, 6) is -0.132. The fourth-order valence-corrected chi connectivity index (χ4v) is 3.05. The molecule has 31 heavy (non-hydrogen) atoms. The minimum atomic E-state index is -0.631. The second-order valence-corrected chi connectivity index (χ2v) is 6.98. The van der Waals surface area contributed by atoms with Crippen LogP contribution in [0.3, 0.4) is 0 Å². The number of likely N-dealkylation sites (N-methyl/N-ethyl adjacent to an activating group) is 2. The highest BCUT2D eigenvalue weighted by molar-refractivity contribution is 5.76. The van der Waals surface area contributed by atoms with E-state index in [1.54, 1.807) is 10.9 Å². The first-order valence-electron chi connectivity index (χ1n) is 9.77. The van der Waals surface area contributed by atoms with E-state index in [1.165, 1.54) is 12.1 Å². The predicted molar refractivity (Wildman–Crippen MR) is 115 cm³/mol. The lowest BCUT2D eigenvalue weighted by atomic mass is 10.2. The molecule has 0 amide bonds. The van der Waals surface area contributed by atoms with E-state index >= 15 is 0 Å². The van der Waals surface area contributed by atoms with Gasteiger partial charge in [-0.3, -0.25) is 4.57 Å². The summed E-state index contributed by atoms with van der Waals surface area (Å²) < 4.78 is 29.0. The molecule has 0 aliphatic heterocycles. The summed E-state index contributed by atoms with van der Waals surface area (Å²) >= 11 is 0. The van der Waals surface area contributed by atoms with Crippen LogP contribution in [-0.2, 0) is 6.54 Å². The van der Waals surface area contributed by atoms with E-state index in [9.17, 15) is 8.78 Å². The van der Waals surface area contributed by atoms with E-state index in [2.05, 4.69) is 30.6 Å². The number of nitrogens with one attached hydrogen (secondary N) is 2. The molecule has 0 aliphatic carbocycles. The molecule has 2 heterocycles. The highest BCUT2D eigenvalue weighted by atomic mass is 19.1.